The van der Waals surface area contributed by atoms with Gasteiger partial charge in [0, 0.05) is 31.5 Å². The van der Waals surface area contributed by atoms with Gasteiger partial charge >= 0.3 is 0 Å². The number of hydrogen-bond acceptors (Lipinski definition) is 4. The Morgan fingerprint density at radius 2 is 2.19 bits per heavy atom. The third-order valence-electron chi connectivity index (χ3n) is 3.38. The second-order valence-corrected chi connectivity index (χ2v) is 4.68. The molecule has 2 rings (SSSR count). The van der Waals surface area contributed by atoms with Gasteiger partial charge in [-0.2, -0.15) is 0 Å². The highest BCUT2D eigenvalue weighted by Crippen LogP contribution is 2.27. The maximum Gasteiger partial charge on any atom is 0.150 e. The van der Waals surface area contributed by atoms with E-state index in [1.807, 2.05) is 6.92 Å². The number of rotatable bonds is 2. The Balaban J connectivity index is 2.22. The second-order valence-electron chi connectivity index (χ2n) is 4.68. The molecule has 4 nitrogen and oxygen atoms in total. The Morgan fingerprint density at radius 1 is 1.44 bits per heavy atom. The number of hydrogen-bond donors (Lipinski definition) is 1. The predicted octanol–water partition coefficient (Wildman–Crippen LogP) is 1.35. The van der Waals surface area contributed by atoms with E-state index in [2.05, 4.69) is 21.8 Å². The largest absolute Gasteiger partial charge is 0.351 e. The zero-order valence-corrected chi connectivity index (χ0v) is 10.1. The van der Waals surface area contributed by atoms with E-state index in [4.69, 9.17) is 5.73 Å². The predicted molar refractivity (Wildman–Crippen MR) is 65.4 cm³/mol. The van der Waals surface area contributed by atoms with E-state index in [-0.39, 0.29) is 0 Å². The highest BCUT2D eigenvalue weighted by molar-refractivity contribution is 5.44. The lowest BCUT2D eigenvalue weighted by atomic mass is 9.92. The number of aromatic nitrogens is 2. The van der Waals surface area contributed by atoms with Crippen LogP contribution in [0.3, 0.4) is 0 Å². The molecule has 0 radical (unpaired) electrons. The lowest BCUT2D eigenvalue weighted by Crippen LogP contribution is -2.47. The van der Waals surface area contributed by atoms with Crippen LogP contribution >= 0.6 is 0 Å². The van der Waals surface area contributed by atoms with Crippen molar-refractivity contribution in [3.63, 3.8) is 0 Å². The van der Waals surface area contributed by atoms with E-state index in [1.165, 1.54) is 6.42 Å². The average Bonchev–Trinajstić information content (AvgIpc) is 2.30. The van der Waals surface area contributed by atoms with Gasteiger partial charge in [0.05, 0.1) is 5.69 Å². The van der Waals surface area contributed by atoms with Gasteiger partial charge in [-0.3, -0.25) is 4.98 Å². The van der Waals surface area contributed by atoms with E-state index >= 15 is 0 Å². The van der Waals surface area contributed by atoms with Gasteiger partial charge in [0.2, 0.25) is 0 Å². The third kappa shape index (κ3) is 2.16. The van der Waals surface area contributed by atoms with Crippen LogP contribution in [-0.2, 0) is 0 Å². The van der Waals surface area contributed by atoms with Crippen LogP contribution in [0.5, 0.6) is 0 Å². The molecule has 2 atom stereocenters. The van der Waals surface area contributed by atoms with E-state index < -0.39 is 0 Å². The standard InChI is InChI=1S/C12H20N4/c1-9-3-6-16(11(7-9)8-13)12-10(2)14-4-5-15-12/h4-5,9,11H,3,6-8,13H2,1-2H3. The molecule has 1 aliphatic rings. The first-order valence-corrected chi connectivity index (χ1v) is 5.96. The van der Waals surface area contributed by atoms with E-state index in [0.717, 1.165) is 30.4 Å². The van der Waals surface area contributed by atoms with Crippen molar-refractivity contribution < 1.29 is 0 Å². The van der Waals surface area contributed by atoms with Gasteiger partial charge in [-0.1, -0.05) is 6.92 Å². The SMILES string of the molecule is Cc1nccnc1N1CCC(C)CC1CN. The molecule has 2 unspecified atom stereocenters. The molecule has 88 valence electrons. The summed E-state index contributed by atoms with van der Waals surface area (Å²) in [5, 5.41) is 0. The molecule has 1 saturated heterocycles. The van der Waals surface area contributed by atoms with Crippen LogP contribution in [-0.4, -0.2) is 29.1 Å². The maximum absolute atomic E-state index is 5.85. The third-order valence-corrected chi connectivity index (χ3v) is 3.38. The van der Waals surface area contributed by atoms with Crippen LogP contribution in [0.1, 0.15) is 25.5 Å². The van der Waals surface area contributed by atoms with Gasteiger partial charge in [-0.15, -0.1) is 0 Å². The fraction of sp³-hybridized carbons (Fsp3) is 0.667. The smallest absolute Gasteiger partial charge is 0.150 e. The van der Waals surface area contributed by atoms with Gasteiger partial charge in [-0.05, 0) is 25.7 Å². The molecule has 0 aromatic carbocycles. The molecule has 16 heavy (non-hydrogen) atoms. The number of aryl methyl sites for hydroxylation is 1. The molecule has 0 amide bonds. The molecule has 0 spiro atoms. The summed E-state index contributed by atoms with van der Waals surface area (Å²) < 4.78 is 0. The van der Waals surface area contributed by atoms with Crippen molar-refractivity contribution in [2.75, 3.05) is 18.0 Å². The summed E-state index contributed by atoms with van der Waals surface area (Å²) in [5.41, 5.74) is 6.85. The molecule has 4 heteroatoms. The van der Waals surface area contributed by atoms with Crippen molar-refractivity contribution in [1.29, 1.82) is 0 Å². The van der Waals surface area contributed by atoms with Crippen molar-refractivity contribution >= 4 is 5.82 Å². The number of piperidine rings is 1. The summed E-state index contributed by atoms with van der Waals surface area (Å²) >= 11 is 0. The Morgan fingerprint density at radius 3 is 2.88 bits per heavy atom. The van der Waals surface area contributed by atoms with Crippen LogP contribution in [0.2, 0.25) is 0 Å². The molecular formula is C12H20N4. The molecule has 1 aliphatic heterocycles. The number of nitrogens with zero attached hydrogens (tertiary/aromatic N) is 3. The second kappa shape index (κ2) is 4.78. The van der Waals surface area contributed by atoms with Gasteiger partial charge in [0.15, 0.2) is 0 Å². The van der Waals surface area contributed by atoms with Crippen LogP contribution in [0.4, 0.5) is 5.82 Å². The summed E-state index contributed by atoms with van der Waals surface area (Å²) in [5.74, 6) is 1.77. The topological polar surface area (TPSA) is 55.0 Å². The highest BCUT2D eigenvalue weighted by Gasteiger charge is 2.27. The van der Waals surface area contributed by atoms with E-state index in [9.17, 15) is 0 Å². The Hall–Kier alpha value is -1.16. The van der Waals surface area contributed by atoms with Crippen LogP contribution in [0.25, 0.3) is 0 Å². The normalized spacial score (nSPS) is 25.8. The summed E-state index contributed by atoms with van der Waals surface area (Å²) in [6, 6.07) is 0.416. The summed E-state index contributed by atoms with van der Waals surface area (Å²) in [6.45, 7) is 6.04. The quantitative estimate of drug-likeness (QED) is 0.817. The summed E-state index contributed by atoms with van der Waals surface area (Å²) in [4.78, 5) is 11.1. The first-order valence-electron chi connectivity index (χ1n) is 5.96. The van der Waals surface area contributed by atoms with E-state index in [1.54, 1.807) is 12.4 Å². The van der Waals surface area contributed by atoms with Crippen molar-refractivity contribution in [2.24, 2.45) is 11.7 Å². The van der Waals surface area contributed by atoms with Gasteiger partial charge in [0.25, 0.3) is 0 Å². The number of nitrogens with two attached hydrogens (primary N) is 1. The van der Waals surface area contributed by atoms with Gasteiger partial charge < -0.3 is 10.6 Å². The minimum Gasteiger partial charge on any atom is -0.351 e. The molecule has 1 fully saturated rings. The van der Waals surface area contributed by atoms with Crippen molar-refractivity contribution in [2.45, 2.75) is 32.7 Å². The molecule has 0 bridgehead atoms. The van der Waals surface area contributed by atoms with Crippen molar-refractivity contribution in [3.8, 4) is 0 Å². The fourth-order valence-electron chi connectivity index (χ4n) is 2.44. The molecule has 0 saturated carbocycles. The van der Waals surface area contributed by atoms with Gasteiger partial charge in [0.1, 0.15) is 5.82 Å². The molecule has 2 N–H and O–H groups in total. The molecule has 0 aliphatic carbocycles. The molecule has 2 heterocycles. The van der Waals surface area contributed by atoms with Crippen LogP contribution in [0, 0.1) is 12.8 Å². The Bertz CT molecular complexity index is 353. The molecular weight excluding hydrogens is 200 g/mol. The molecule has 1 aromatic rings. The highest BCUT2D eigenvalue weighted by atomic mass is 15.2. The monoisotopic (exact) mass is 220 g/mol. The van der Waals surface area contributed by atoms with Gasteiger partial charge in [-0.25, -0.2) is 4.98 Å². The Kier molecular flexibility index (Phi) is 3.39. The van der Waals surface area contributed by atoms with Crippen molar-refractivity contribution in [3.05, 3.63) is 18.1 Å². The zero-order chi connectivity index (χ0) is 11.5. The minimum atomic E-state index is 0.416. The van der Waals surface area contributed by atoms with Crippen LogP contribution in [0.15, 0.2) is 12.4 Å². The first-order chi connectivity index (χ1) is 7.72. The van der Waals surface area contributed by atoms with Crippen molar-refractivity contribution in [1.82, 2.24) is 9.97 Å². The Labute approximate surface area is 96.9 Å². The summed E-state index contributed by atoms with van der Waals surface area (Å²) in [6.07, 6.45) is 5.87. The lowest BCUT2D eigenvalue weighted by molar-refractivity contribution is 0.364. The number of anilines is 1. The first kappa shape index (κ1) is 11.3. The van der Waals surface area contributed by atoms with E-state index in [0.29, 0.717) is 12.6 Å². The lowest BCUT2D eigenvalue weighted by Gasteiger charge is -2.39. The van der Waals surface area contributed by atoms with Crippen LogP contribution < -0.4 is 10.6 Å². The maximum atomic E-state index is 5.85. The minimum absolute atomic E-state index is 0.416. The average molecular weight is 220 g/mol. The fourth-order valence-corrected chi connectivity index (χ4v) is 2.44. The summed E-state index contributed by atoms with van der Waals surface area (Å²) in [7, 11) is 0. The molecule has 1 aromatic heterocycles. The zero-order valence-electron chi connectivity index (χ0n) is 10.1.